The molecule has 0 atom stereocenters. The van der Waals surface area contributed by atoms with E-state index in [1.54, 1.807) is 12.1 Å². The molecule has 2 nitrogen and oxygen atoms in total. The van der Waals surface area contributed by atoms with Gasteiger partial charge < -0.3 is 10.2 Å². The van der Waals surface area contributed by atoms with Crippen molar-refractivity contribution in [2.75, 3.05) is 27.2 Å². The second kappa shape index (κ2) is 14.4. The van der Waals surface area contributed by atoms with E-state index in [0.717, 1.165) is 19.6 Å². The van der Waals surface area contributed by atoms with E-state index in [-0.39, 0.29) is 5.82 Å². The number of nitrogens with zero attached hydrogens (tertiary/aromatic N) is 1. The fourth-order valence-electron chi connectivity index (χ4n) is 3.08. The maximum Gasteiger partial charge on any atom is 0.123 e. The largest absolute Gasteiger partial charge is 0.320 e. The van der Waals surface area contributed by atoms with Gasteiger partial charge in [0.2, 0.25) is 0 Å². The highest BCUT2D eigenvalue weighted by Crippen LogP contribution is 2.11. The normalized spacial score (nSPS) is 11.3. The highest BCUT2D eigenvalue weighted by molar-refractivity contribution is 5.15. The molecule has 0 heterocycles. The molecule has 0 aliphatic heterocycles. The average molecular weight is 337 g/mol. The summed E-state index contributed by atoms with van der Waals surface area (Å²) in [5.74, 6) is -0.153. The summed E-state index contributed by atoms with van der Waals surface area (Å²) >= 11 is 0. The first-order chi connectivity index (χ1) is 11.7. The standard InChI is InChI=1S/C21H37FN2/c1-23-17-11-9-7-5-3-4-6-8-10-12-18-24(2)19-20-13-15-21(22)16-14-20/h13-16,23H,3-12,17-19H2,1-2H3. The molecule has 0 aliphatic carbocycles. The van der Waals surface area contributed by atoms with Crippen molar-refractivity contribution in [2.24, 2.45) is 0 Å². The number of hydrogen-bond acceptors (Lipinski definition) is 2. The van der Waals surface area contributed by atoms with Gasteiger partial charge in [0.15, 0.2) is 0 Å². The fraction of sp³-hybridized carbons (Fsp3) is 0.714. The Hall–Kier alpha value is -0.930. The van der Waals surface area contributed by atoms with Crippen LogP contribution in [0.1, 0.15) is 69.8 Å². The van der Waals surface area contributed by atoms with E-state index in [0.29, 0.717) is 0 Å². The number of hydrogen-bond donors (Lipinski definition) is 1. The quantitative estimate of drug-likeness (QED) is 0.433. The summed E-state index contributed by atoms with van der Waals surface area (Å²) in [7, 11) is 4.18. The lowest BCUT2D eigenvalue weighted by atomic mass is 10.1. The smallest absolute Gasteiger partial charge is 0.123 e. The monoisotopic (exact) mass is 336 g/mol. The van der Waals surface area contributed by atoms with Gasteiger partial charge in [-0.2, -0.15) is 0 Å². The van der Waals surface area contributed by atoms with Crippen LogP contribution in [-0.2, 0) is 6.54 Å². The Morgan fingerprint density at radius 2 is 1.29 bits per heavy atom. The zero-order valence-electron chi connectivity index (χ0n) is 15.8. The van der Waals surface area contributed by atoms with Crippen LogP contribution in [0.4, 0.5) is 4.39 Å². The van der Waals surface area contributed by atoms with Gasteiger partial charge in [-0.15, -0.1) is 0 Å². The molecular formula is C21H37FN2. The first-order valence-corrected chi connectivity index (χ1v) is 9.80. The number of rotatable bonds is 15. The fourth-order valence-corrected chi connectivity index (χ4v) is 3.08. The average Bonchev–Trinajstić information content (AvgIpc) is 2.58. The third-order valence-corrected chi connectivity index (χ3v) is 4.58. The zero-order chi connectivity index (χ0) is 17.5. The van der Waals surface area contributed by atoms with Gasteiger partial charge >= 0.3 is 0 Å². The van der Waals surface area contributed by atoms with Gasteiger partial charge in [-0.25, -0.2) is 4.39 Å². The summed E-state index contributed by atoms with van der Waals surface area (Å²) < 4.78 is 12.9. The van der Waals surface area contributed by atoms with Crippen molar-refractivity contribution in [1.29, 1.82) is 0 Å². The summed E-state index contributed by atoms with van der Waals surface area (Å²) in [4.78, 5) is 2.33. The second-order valence-electron chi connectivity index (χ2n) is 7.00. The van der Waals surface area contributed by atoms with Crippen LogP contribution >= 0.6 is 0 Å². The highest BCUT2D eigenvalue weighted by Gasteiger charge is 2.01. The van der Waals surface area contributed by atoms with Crippen molar-refractivity contribution in [3.8, 4) is 0 Å². The topological polar surface area (TPSA) is 15.3 Å². The van der Waals surface area contributed by atoms with E-state index >= 15 is 0 Å². The van der Waals surface area contributed by atoms with Crippen LogP contribution < -0.4 is 5.32 Å². The molecule has 1 aromatic rings. The van der Waals surface area contributed by atoms with Gasteiger partial charge in [-0.05, 0) is 57.7 Å². The van der Waals surface area contributed by atoms with Gasteiger partial charge in [0, 0.05) is 6.54 Å². The molecule has 0 saturated carbocycles. The van der Waals surface area contributed by atoms with E-state index < -0.39 is 0 Å². The molecule has 1 aromatic carbocycles. The van der Waals surface area contributed by atoms with E-state index in [2.05, 4.69) is 17.3 Å². The number of benzene rings is 1. The van der Waals surface area contributed by atoms with Crippen LogP contribution in [-0.4, -0.2) is 32.1 Å². The summed E-state index contributed by atoms with van der Waals surface area (Å²) in [6, 6.07) is 6.85. The van der Waals surface area contributed by atoms with Crippen LogP contribution in [0.2, 0.25) is 0 Å². The molecule has 138 valence electrons. The van der Waals surface area contributed by atoms with Crippen LogP contribution in [0.15, 0.2) is 24.3 Å². The number of nitrogens with one attached hydrogen (secondary N) is 1. The van der Waals surface area contributed by atoms with Gasteiger partial charge in [0.1, 0.15) is 5.82 Å². The molecule has 0 saturated heterocycles. The van der Waals surface area contributed by atoms with Crippen LogP contribution in [0.5, 0.6) is 0 Å². The summed E-state index contributed by atoms with van der Waals surface area (Å²) in [6.07, 6.45) is 13.7. The van der Waals surface area contributed by atoms with E-state index in [9.17, 15) is 4.39 Å². The summed E-state index contributed by atoms with van der Waals surface area (Å²) in [5.41, 5.74) is 1.19. The van der Waals surface area contributed by atoms with Crippen molar-refractivity contribution in [2.45, 2.75) is 70.8 Å². The zero-order valence-corrected chi connectivity index (χ0v) is 15.8. The molecule has 0 fully saturated rings. The molecule has 1 N–H and O–H groups in total. The van der Waals surface area contributed by atoms with Gasteiger partial charge in [-0.3, -0.25) is 0 Å². The maximum absolute atomic E-state index is 12.9. The third kappa shape index (κ3) is 11.6. The minimum absolute atomic E-state index is 0.153. The molecule has 0 unspecified atom stereocenters. The Labute approximate surface area is 148 Å². The maximum atomic E-state index is 12.9. The van der Waals surface area contributed by atoms with Crippen molar-refractivity contribution in [3.63, 3.8) is 0 Å². The van der Waals surface area contributed by atoms with Crippen molar-refractivity contribution in [1.82, 2.24) is 10.2 Å². The molecule has 0 spiro atoms. The predicted octanol–water partition coefficient (Wildman–Crippen LogP) is 5.38. The lowest BCUT2D eigenvalue weighted by Crippen LogP contribution is -2.19. The predicted molar refractivity (Wildman–Crippen MR) is 103 cm³/mol. The Balaban J connectivity index is 1.86. The van der Waals surface area contributed by atoms with Crippen molar-refractivity contribution >= 4 is 0 Å². The lowest BCUT2D eigenvalue weighted by molar-refractivity contribution is 0.316. The molecule has 1 rings (SSSR count). The first kappa shape index (κ1) is 21.1. The lowest BCUT2D eigenvalue weighted by Gasteiger charge is -2.16. The molecule has 0 radical (unpaired) electrons. The van der Waals surface area contributed by atoms with E-state index in [4.69, 9.17) is 0 Å². The van der Waals surface area contributed by atoms with Crippen LogP contribution in [0.3, 0.4) is 0 Å². The first-order valence-electron chi connectivity index (χ1n) is 9.80. The molecular weight excluding hydrogens is 299 g/mol. The molecule has 0 aromatic heterocycles. The molecule has 0 bridgehead atoms. The number of unbranched alkanes of at least 4 members (excludes halogenated alkanes) is 9. The number of halogens is 1. The summed E-state index contributed by atoms with van der Waals surface area (Å²) in [5, 5.41) is 3.20. The van der Waals surface area contributed by atoms with E-state index in [1.165, 1.54) is 69.8 Å². The molecule has 3 heteroatoms. The van der Waals surface area contributed by atoms with Crippen molar-refractivity contribution in [3.05, 3.63) is 35.6 Å². The highest BCUT2D eigenvalue weighted by atomic mass is 19.1. The van der Waals surface area contributed by atoms with Gasteiger partial charge in [0.25, 0.3) is 0 Å². The Morgan fingerprint density at radius 1 is 0.792 bits per heavy atom. The Morgan fingerprint density at radius 3 is 1.83 bits per heavy atom. The second-order valence-corrected chi connectivity index (χ2v) is 7.00. The van der Waals surface area contributed by atoms with E-state index in [1.807, 2.05) is 19.2 Å². The summed E-state index contributed by atoms with van der Waals surface area (Å²) in [6.45, 7) is 3.20. The van der Waals surface area contributed by atoms with Crippen LogP contribution in [0.25, 0.3) is 0 Å². The SMILES string of the molecule is CNCCCCCCCCCCCCN(C)Cc1ccc(F)cc1. The minimum Gasteiger partial charge on any atom is -0.320 e. The van der Waals surface area contributed by atoms with Gasteiger partial charge in [-0.1, -0.05) is 63.5 Å². The van der Waals surface area contributed by atoms with Crippen LogP contribution in [0, 0.1) is 5.82 Å². The molecule has 24 heavy (non-hydrogen) atoms. The minimum atomic E-state index is -0.153. The van der Waals surface area contributed by atoms with Crippen molar-refractivity contribution < 1.29 is 4.39 Å². The Kier molecular flexibility index (Phi) is 12.7. The van der Waals surface area contributed by atoms with Gasteiger partial charge in [0.05, 0.1) is 0 Å². The third-order valence-electron chi connectivity index (χ3n) is 4.58. The molecule has 0 amide bonds. The molecule has 0 aliphatic rings. The Bertz CT molecular complexity index is 391.